The van der Waals surface area contributed by atoms with E-state index in [4.69, 9.17) is 15.6 Å². The predicted octanol–water partition coefficient (Wildman–Crippen LogP) is 2.19. The predicted molar refractivity (Wildman–Crippen MR) is 75.2 cm³/mol. The molecule has 0 fully saturated rings. The second-order valence-electron chi connectivity index (χ2n) is 5.95. The molecule has 0 aliphatic rings. The van der Waals surface area contributed by atoms with E-state index in [1.807, 2.05) is 0 Å². The molecule has 0 spiro atoms. The lowest BCUT2D eigenvalue weighted by atomic mass is 9.89. The molecule has 7 heteroatoms. The molecule has 0 saturated heterocycles. The number of carboxylic acids is 1. The second kappa shape index (κ2) is 6.83. The van der Waals surface area contributed by atoms with Crippen molar-refractivity contribution in [2.75, 3.05) is 0 Å². The van der Waals surface area contributed by atoms with Gasteiger partial charge in [0.15, 0.2) is 11.6 Å². The highest BCUT2D eigenvalue weighted by atomic mass is 19.2. The fraction of sp³-hybridized carbons (Fsp3) is 0.467. The molecule has 1 aromatic carbocycles. The number of carboxylic acid groups (broad SMARTS) is 1. The number of hydrogen-bond donors (Lipinski definition) is 2. The highest BCUT2D eigenvalue weighted by Crippen LogP contribution is 2.26. The van der Waals surface area contributed by atoms with Gasteiger partial charge in [0.1, 0.15) is 5.60 Å². The zero-order valence-corrected chi connectivity index (χ0v) is 12.6. The fourth-order valence-corrected chi connectivity index (χ4v) is 1.95. The minimum atomic E-state index is -1.20. The molecule has 22 heavy (non-hydrogen) atoms. The Bertz CT molecular complexity index is 569. The summed E-state index contributed by atoms with van der Waals surface area (Å²) in [6.07, 6.45) is -0.511. The van der Waals surface area contributed by atoms with E-state index in [2.05, 4.69) is 0 Å². The number of nitrogens with two attached hydrogens (primary N) is 1. The summed E-state index contributed by atoms with van der Waals surface area (Å²) in [6.45, 7) is 4.90. The number of ether oxygens (including phenoxy) is 1. The number of carbonyl (C=O) groups excluding carboxylic acids is 1. The first-order valence-electron chi connectivity index (χ1n) is 6.66. The van der Waals surface area contributed by atoms with Gasteiger partial charge < -0.3 is 15.6 Å². The average Bonchev–Trinajstić information content (AvgIpc) is 2.30. The van der Waals surface area contributed by atoms with Gasteiger partial charge in [-0.2, -0.15) is 0 Å². The summed E-state index contributed by atoms with van der Waals surface area (Å²) in [5, 5.41) is 8.83. The lowest BCUT2D eigenvalue weighted by molar-refractivity contribution is -0.157. The van der Waals surface area contributed by atoms with Crippen molar-refractivity contribution in [2.24, 2.45) is 5.73 Å². The van der Waals surface area contributed by atoms with E-state index in [-0.39, 0.29) is 5.56 Å². The monoisotopic (exact) mass is 315 g/mol. The highest BCUT2D eigenvalue weighted by molar-refractivity contribution is 5.81. The normalized spacial score (nSPS) is 14.3. The smallest absolute Gasteiger partial charge is 0.315 e. The van der Waals surface area contributed by atoms with Crippen molar-refractivity contribution in [3.63, 3.8) is 0 Å². The molecule has 1 aromatic rings. The van der Waals surface area contributed by atoms with Gasteiger partial charge in [-0.15, -0.1) is 0 Å². The number of aliphatic carboxylic acids is 1. The average molecular weight is 315 g/mol. The zero-order valence-electron chi connectivity index (χ0n) is 12.6. The minimum Gasteiger partial charge on any atom is -0.481 e. The summed E-state index contributed by atoms with van der Waals surface area (Å²) in [5.41, 5.74) is 5.01. The number of hydrogen-bond acceptors (Lipinski definition) is 4. The quantitative estimate of drug-likeness (QED) is 0.813. The molecule has 0 unspecified atom stereocenters. The molecule has 2 atom stereocenters. The first-order chi connectivity index (χ1) is 10.0. The first-order valence-corrected chi connectivity index (χ1v) is 6.66. The van der Waals surface area contributed by atoms with Crippen molar-refractivity contribution in [2.45, 2.75) is 44.8 Å². The van der Waals surface area contributed by atoms with E-state index in [0.29, 0.717) is 0 Å². The Balaban J connectivity index is 3.17. The Labute approximate surface area is 127 Å². The fourth-order valence-electron chi connectivity index (χ4n) is 1.95. The van der Waals surface area contributed by atoms with Crippen molar-refractivity contribution in [3.05, 3.63) is 35.4 Å². The Kier molecular flexibility index (Phi) is 5.59. The van der Waals surface area contributed by atoms with Gasteiger partial charge >= 0.3 is 11.9 Å². The number of carbonyl (C=O) groups is 2. The molecular weight excluding hydrogens is 296 g/mol. The Morgan fingerprint density at radius 2 is 1.86 bits per heavy atom. The molecule has 122 valence electrons. The molecular formula is C15H19F2NO4. The van der Waals surface area contributed by atoms with Crippen LogP contribution in [0.15, 0.2) is 18.2 Å². The topological polar surface area (TPSA) is 89.6 Å². The maximum absolute atomic E-state index is 13.4. The van der Waals surface area contributed by atoms with Gasteiger partial charge in [0.2, 0.25) is 0 Å². The van der Waals surface area contributed by atoms with Crippen LogP contribution in [0.25, 0.3) is 0 Å². The van der Waals surface area contributed by atoms with Crippen LogP contribution in [-0.4, -0.2) is 28.7 Å². The maximum Gasteiger partial charge on any atom is 0.315 e. The molecule has 3 N–H and O–H groups in total. The van der Waals surface area contributed by atoms with Crippen molar-refractivity contribution >= 4 is 11.9 Å². The van der Waals surface area contributed by atoms with Crippen LogP contribution in [0.2, 0.25) is 0 Å². The van der Waals surface area contributed by atoms with Crippen LogP contribution in [-0.2, 0) is 14.3 Å². The molecule has 0 heterocycles. The summed E-state index contributed by atoms with van der Waals surface area (Å²) >= 11 is 0. The highest BCUT2D eigenvalue weighted by Gasteiger charge is 2.33. The third kappa shape index (κ3) is 5.07. The van der Waals surface area contributed by atoms with E-state index in [0.717, 1.165) is 12.1 Å². The summed E-state index contributed by atoms with van der Waals surface area (Å²) in [6, 6.07) is 1.74. The summed E-state index contributed by atoms with van der Waals surface area (Å²) < 4.78 is 31.6. The van der Waals surface area contributed by atoms with E-state index in [1.165, 1.54) is 6.07 Å². The molecule has 0 aliphatic carbocycles. The molecule has 0 radical (unpaired) electrons. The molecule has 1 rings (SSSR count). The van der Waals surface area contributed by atoms with Gasteiger partial charge in [0.25, 0.3) is 0 Å². The van der Waals surface area contributed by atoms with Crippen LogP contribution < -0.4 is 5.73 Å². The molecule has 0 aromatic heterocycles. The number of halogens is 2. The van der Waals surface area contributed by atoms with E-state index < -0.39 is 47.6 Å². The number of benzene rings is 1. The summed E-state index contributed by atoms with van der Waals surface area (Å²) in [7, 11) is 0. The molecule has 5 nitrogen and oxygen atoms in total. The largest absolute Gasteiger partial charge is 0.481 e. The van der Waals surface area contributed by atoms with Crippen LogP contribution in [0.3, 0.4) is 0 Å². The van der Waals surface area contributed by atoms with E-state index in [1.54, 1.807) is 20.8 Å². The van der Waals surface area contributed by atoms with Crippen LogP contribution in [0.4, 0.5) is 8.78 Å². The van der Waals surface area contributed by atoms with Crippen molar-refractivity contribution < 1.29 is 28.2 Å². The van der Waals surface area contributed by atoms with Gasteiger partial charge in [0.05, 0.1) is 12.3 Å². The number of esters is 1. The molecule has 0 bridgehead atoms. The van der Waals surface area contributed by atoms with Gasteiger partial charge in [-0.05, 0) is 38.5 Å². The van der Waals surface area contributed by atoms with E-state index in [9.17, 15) is 18.4 Å². The minimum absolute atomic E-state index is 0.0712. The van der Waals surface area contributed by atoms with Gasteiger partial charge in [0, 0.05) is 6.04 Å². The van der Waals surface area contributed by atoms with Gasteiger partial charge in [-0.25, -0.2) is 8.78 Å². The Hall–Kier alpha value is -2.02. The van der Waals surface area contributed by atoms with Crippen molar-refractivity contribution in [1.82, 2.24) is 0 Å². The van der Waals surface area contributed by atoms with Crippen molar-refractivity contribution in [1.29, 1.82) is 0 Å². The van der Waals surface area contributed by atoms with Crippen LogP contribution in [0.1, 0.15) is 38.7 Å². The van der Waals surface area contributed by atoms with Crippen LogP contribution in [0.5, 0.6) is 0 Å². The first kappa shape index (κ1) is 18.0. The van der Waals surface area contributed by atoms with Crippen LogP contribution >= 0.6 is 0 Å². The number of rotatable bonds is 5. The van der Waals surface area contributed by atoms with Gasteiger partial charge in [-0.3, -0.25) is 9.59 Å². The third-order valence-corrected chi connectivity index (χ3v) is 2.80. The van der Waals surface area contributed by atoms with Crippen molar-refractivity contribution in [3.8, 4) is 0 Å². The van der Waals surface area contributed by atoms with Crippen LogP contribution in [0, 0.1) is 11.6 Å². The van der Waals surface area contributed by atoms with E-state index >= 15 is 0 Å². The summed E-state index contributed by atoms with van der Waals surface area (Å²) in [4.78, 5) is 23.1. The Morgan fingerprint density at radius 3 is 2.32 bits per heavy atom. The molecule has 0 amide bonds. The zero-order chi connectivity index (χ0) is 17.1. The second-order valence-corrected chi connectivity index (χ2v) is 5.95. The maximum atomic E-state index is 13.4. The lowest BCUT2D eigenvalue weighted by Crippen LogP contribution is -2.39. The summed E-state index contributed by atoms with van der Waals surface area (Å²) in [5.74, 6) is -5.41. The lowest BCUT2D eigenvalue weighted by Gasteiger charge is -2.27. The molecule has 0 saturated carbocycles. The third-order valence-electron chi connectivity index (χ3n) is 2.80. The SMILES string of the molecule is CC(C)(C)OC(=O)[C@H](c1ccc(F)c(F)c1)[C@@H](N)CC(=O)O. The standard InChI is InChI=1S/C15H19F2NO4/c1-15(2,3)22-14(21)13(11(18)7-12(19)20)8-4-5-9(16)10(17)6-8/h4-6,11,13H,7,18H2,1-3H3,(H,19,20)/t11-,13+/m0/s1. The van der Waals surface area contributed by atoms with Gasteiger partial charge in [-0.1, -0.05) is 6.07 Å². The Morgan fingerprint density at radius 1 is 1.27 bits per heavy atom. The molecule has 0 aliphatic heterocycles.